The lowest BCUT2D eigenvalue weighted by molar-refractivity contribution is -0.125. The second kappa shape index (κ2) is 11.6. The van der Waals surface area contributed by atoms with E-state index in [-0.39, 0.29) is 29.4 Å². The van der Waals surface area contributed by atoms with Crippen LogP contribution in [-0.4, -0.2) is 83.2 Å². The summed E-state index contributed by atoms with van der Waals surface area (Å²) in [4.78, 5) is 48.7. The van der Waals surface area contributed by atoms with Crippen LogP contribution >= 0.6 is 0 Å². The van der Waals surface area contributed by atoms with Gasteiger partial charge in [0.05, 0.1) is 23.8 Å². The summed E-state index contributed by atoms with van der Waals surface area (Å²) in [7, 11) is 3.12. The highest BCUT2D eigenvalue weighted by Gasteiger charge is 2.34. The molecule has 3 aromatic rings. The van der Waals surface area contributed by atoms with E-state index >= 15 is 0 Å². The van der Waals surface area contributed by atoms with Crippen LogP contribution in [0.3, 0.4) is 0 Å². The predicted octanol–water partition coefficient (Wildman–Crippen LogP) is 4.41. The first-order valence-corrected chi connectivity index (χ1v) is 13.3. The minimum atomic E-state index is -0.602. The number of aromatic amines is 1. The van der Waals surface area contributed by atoms with E-state index in [1.54, 1.807) is 38.2 Å². The number of nitrogens with zero attached hydrogens (tertiary/aromatic N) is 3. The number of carbonyl (C=O) groups is 3. The molecule has 1 N–H and O–H groups in total. The van der Waals surface area contributed by atoms with Gasteiger partial charge in [-0.25, -0.2) is 4.39 Å². The molecule has 0 radical (unpaired) electrons. The number of benzene rings is 2. The second-order valence-electron chi connectivity index (χ2n) is 10.5. The minimum absolute atomic E-state index is 0.0725. The molecule has 2 heterocycles. The molecule has 0 aliphatic carbocycles. The predicted molar refractivity (Wildman–Crippen MR) is 149 cm³/mol. The number of ketones is 1. The normalized spacial score (nSPS) is 17.9. The zero-order valence-corrected chi connectivity index (χ0v) is 23.5. The van der Waals surface area contributed by atoms with E-state index in [2.05, 4.69) is 16.8 Å². The molecule has 8 nitrogen and oxygen atoms in total. The molecule has 0 saturated carbocycles. The molecule has 1 aliphatic heterocycles. The summed E-state index contributed by atoms with van der Waals surface area (Å²) in [5, 5.41) is 0.524. The van der Waals surface area contributed by atoms with Gasteiger partial charge in [0.25, 0.3) is 17.6 Å². The Morgan fingerprint density at radius 3 is 2.44 bits per heavy atom. The van der Waals surface area contributed by atoms with E-state index in [0.717, 1.165) is 12.0 Å². The number of carbonyl (C=O) groups excluding carboxylic acids is 3. The summed E-state index contributed by atoms with van der Waals surface area (Å²) in [5.41, 5.74) is 2.83. The number of aryl methyl sites for hydroxylation is 1. The van der Waals surface area contributed by atoms with Crippen molar-refractivity contribution in [3.8, 4) is 5.75 Å². The molecule has 0 spiro atoms. The number of hydrogen-bond acceptors (Lipinski definition) is 5. The molecule has 4 rings (SSSR count). The summed E-state index contributed by atoms with van der Waals surface area (Å²) >= 11 is 0. The Morgan fingerprint density at radius 1 is 1.10 bits per heavy atom. The standard InChI is InChI=1S/C30H37FN4O4/c1-7-12-33(5)30(38)28(36)27-20(4)32-25-14-26(39-6)24(13-23(25)27)29(37)35-16-18(2)34(15-19(35)3)17-21-8-10-22(31)11-9-21/h8-11,13-14,18-19,32H,7,12,15-17H2,1-6H3/t18-,19?/m0/s1. The number of methoxy groups -OCH3 is 1. The van der Waals surface area contributed by atoms with Gasteiger partial charge in [0, 0.05) is 62.5 Å². The maximum Gasteiger partial charge on any atom is 0.294 e. The molecule has 1 aliphatic rings. The molecule has 1 aromatic heterocycles. The molecule has 208 valence electrons. The number of amides is 2. The van der Waals surface area contributed by atoms with Gasteiger partial charge in [-0.2, -0.15) is 0 Å². The third-order valence-electron chi connectivity index (χ3n) is 7.54. The number of ether oxygens (including phenoxy) is 1. The van der Waals surface area contributed by atoms with E-state index in [1.165, 1.54) is 24.1 Å². The number of Topliss-reactive ketones (excluding diaryl/α,β-unsaturated/α-hetero) is 1. The summed E-state index contributed by atoms with van der Waals surface area (Å²) < 4.78 is 18.9. The molecule has 1 fully saturated rings. The monoisotopic (exact) mass is 536 g/mol. The number of fused-ring (bicyclic) bond motifs is 1. The van der Waals surface area contributed by atoms with Crippen molar-refractivity contribution in [1.29, 1.82) is 0 Å². The van der Waals surface area contributed by atoms with Gasteiger partial charge in [0.1, 0.15) is 11.6 Å². The van der Waals surface area contributed by atoms with Crippen LogP contribution in [0.4, 0.5) is 4.39 Å². The maximum absolute atomic E-state index is 13.9. The molecule has 1 unspecified atom stereocenters. The molecule has 0 bridgehead atoms. The zero-order valence-electron chi connectivity index (χ0n) is 23.5. The zero-order chi connectivity index (χ0) is 28.4. The summed E-state index contributed by atoms with van der Waals surface area (Å²) in [6.07, 6.45) is 0.742. The van der Waals surface area contributed by atoms with Crippen LogP contribution in [0.2, 0.25) is 0 Å². The fourth-order valence-corrected chi connectivity index (χ4v) is 5.38. The van der Waals surface area contributed by atoms with Gasteiger partial charge < -0.3 is 19.5 Å². The average Bonchev–Trinajstić information content (AvgIpc) is 3.24. The number of hydrogen-bond donors (Lipinski definition) is 1. The second-order valence-corrected chi connectivity index (χ2v) is 10.5. The van der Waals surface area contributed by atoms with Gasteiger partial charge in [0.15, 0.2) is 0 Å². The molecule has 2 atom stereocenters. The van der Waals surface area contributed by atoms with Crippen molar-refractivity contribution >= 4 is 28.5 Å². The van der Waals surface area contributed by atoms with Gasteiger partial charge in [-0.3, -0.25) is 19.3 Å². The highest BCUT2D eigenvalue weighted by Crippen LogP contribution is 2.32. The smallest absolute Gasteiger partial charge is 0.294 e. The molecule has 2 aromatic carbocycles. The van der Waals surface area contributed by atoms with Crippen molar-refractivity contribution in [2.45, 2.75) is 52.7 Å². The molecule has 1 saturated heterocycles. The number of aromatic nitrogens is 1. The first-order chi connectivity index (χ1) is 18.5. The largest absolute Gasteiger partial charge is 0.496 e. The third kappa shape index (κ3) is 5.68. The van der Waals surface area contributed by atoms with E-state index in [0.29, 0.717) is 54.1 Å². The molecule has 9 heteroatoms. The number of halogens is 1. The summed E-state index contributed by atoms with van der Waals surface area (Å²) in [6.45, 7) is 10.1. The summed E-state index contributed by atoms with van der Waals surface area (Å²) in [5.74, 6) is -1.24. The van der Waals surface area contributed by atoms with E-state index in [4.69, 9.17) is 4.74 Å². The lowest BCUT2D eigenvalue weighted by Gasteiger charge is -2.44. The quantitative estimate of drug-likeness (QED) is 0.341. The maximum atomic E-state index is 13.9. The van der Waals surface area contributed by atoms with Gasteiger partial charge in [-0.1, -0.05) is 19.1 Å². The van der Waals surface area contributed by atoms with E-state index < -0.39 is 11.7 Å². The number of piperazine rings is 1. The van der Waals surface area contributed by atoms with Crippen molar-refractivity contribution in [3.05, 3.63) is 64.6 Å². The lowest BCUT2D eigenvalue weighted by Crippen LogP contribution is -2.57. The average molecular weight is 537 g/mol. The Kier molecular flexibility index (Phi) is 8.39. The van der Waals surface area contributed by atoms with Crippen molar-refractivity contribution in [2.75, 3.05) is 33.8 Å². The topological polar surface area (TPSA) is 85.9 Å². The minimum Gasteiger partial charge on any atom is -0.496 e. The number of H-pyrrole nitrogens is 1. The SMILES string of the molecule is CCCN(C)C(=O)C(=O)c1c(C)[nH]c2cc(OC)c(C(=O)N3C[C@H](C)N(Cc4ccc(F)cc4)CC3C)cc12. The Balaban J connectivity index is 1.62. The van der Waals surface area contributed by atoms with Crippen molar-refractivity contribution in [1.82, 2.24) is 19.7 Å². The fourth-order valence-electron chi connectivity index (χ4n) is 5.38. The van der Waals surface area contributed by atoms with Crippen molar-refractivity contribution < 1.29 is 23.5 Å². The number of likely N-dealkylation sites (N-methyl/N-ethyl adjacent to an activating group) is 1. The third-order valence-corrected chi connectivity index (χ3v) is 7.54. The van der Waals surface area contributed by atoms with Crippen LogP contribution in [0.1, 0.15) is 59.2 Å². The van der Waals surface area contributed by atoms with Crippen molar-refractivity contribution in [2.24, 2.45) is 0 Å². The summed E-state index contributed by atoms with van der Waals surface area (Å²) in [6, 6.07) is 9.86. The van der Waals surface area contributed by atoms with Gasteiger partial charge in [-0.05, 0) is 51.0 Å². The Bertz CT molecular complexity index is 1380. The Labute approximate surface area is 228 Å². The lowest BCUT2D eigenvalue weighted by atomic mass is 10.0. The van der Waals surface area contributed by atoms with E-state index in [1.807, 2.05) is 18.7 Å². The Hall–Kier alpha value is -3.72. The van der Waals surface area contributed by atoms with Crippen LogP contribution < -0.4 is 4.74 Å². The molecular formula is C30H37FN4O4. The number of rotatable bonds is 8. The van der Waals surface area contributed by atoms with Gasteiger partial charge >= 0.3 is 0 Å². The van der Waals surface area contributed by atoms with Gasteiger partial charge in [-0.15, -0.1) is 0 Å². The first kappa shape index (κ1) is 28.3. The fraction of sp³-hybridized carbons (Fsp3) is 0.433. The molecule has 39 heavy (non-hydrogen) atoms. The molecular weight excluding hydrogens is 499 g/mol. The first-order valence-electron chi connectivity index (χ1n) is 13.3. The van der Waals surface area contributed by atoms with Crippen LogP contribution in [-0.2, 0) is 11.3 Å². The van der Waals surface area contributed by atoms with E-state index in [9.17, 15) is 18.8 Å². The highest BCUT2D eigenvalue weighted by atomic mass is 19.1. The van der Waals surface area contributed by atoms with Crippen LogP contribution in [0.25, 0.3) is 10.9 Å². The van der Waals surface area contributed by atoms with Gasteiger partial charge in [0.2, 0.25) is 0 Å². The molecule has 2 amide bonds. The Morgan fingerprint density at radius 2 is 1.79 bits per heavy atom. The van der Waals surface area contributed by atoms with Crippen LogP contribution in [0.5, 0.6) is 5.75 Å². The number of nitrogens with one attached hydrogen (secondary N) is 1. The highest BCUT2D eigenvalue weighted by molar-refractivity contribution is 6.45. The van der Waals surface area contributed by atoms with Crippen molar-refractivity contribution in [3.63, 3.8) is 0 Å². The van der Waals surface area contributed by atoms with Crippen LogP contribution in [0.15, 0.2) is 36.4 Å². The van der Waals surface area contributed by atoms with Crippen LogP contribution in [0, 0.1) is 12.7 Å².